The minimum Gasteiger partial charge on any atom is -0.390 e. The molecule has 3 fully saturated rings. The summed E-state index contributed by atoms with van der Waals surface area (Å²) < 4.78 is 5.66. The van der Waals surface area contributed by atoms with Gasteiger partial charge in [-0.1, -0.05) is 0 Å². The van der Waals surface area contributed by atoms with E-state index in [2.05, 4.69) is 10.2 Å². The Kier molecular flexibility index (Phi) is 2.24. The fraction of sp³-hybridized carbons (Fsp3) is 1.00. The van der Waals surface area contributed by atoms with E-state index in [1.54, 1.807) is 0 Å². The van der Waals surface area contributed by atoms with E-state index >= 15 is 0 Å². The summed E-state index contributed by atoms with van der Waals surface area (Å²) in [4.78, 5) is 2.41. The summed E-state index contributed by atoms with van der Waals surface area (Å²) in [6, 6.07) is 0.321. The standard InChI is InChI=1S/C10H18N2O2/c13-10-3-11-2-9(10)12-4-7-1-8(5-12)14-6-7/h7-11,13H,1-6H2/t7?,8?,9-,10-/m1/s1. The molecule has 3 aliphatic rings. The molecule has 0 aromatic rings. The van der Waals surface area contributed by atoms with E-state index in [4.69, 9.17) is 4.74 Å². The lowest BCUT2D eigenvalue weighted by Gasteiger charge is -2.35. The lowest BCUT2D eigenvalue weighted by atomic mass is 9.98. The number of piperidine rings is 1. The first-order chi connectivity index (χ1) is 6.83. The summed E-state index contributed by atoms with van der Waals surface area (Å²) in [6.45, 7) is 4.73. The minimum atomic E-state index is -0.188. The van der Waals surface area contributed by atoms with Crippen LogP contribution in [0.25, 0.3) is 0 Å². The molecule has 2 unspecified atom stereocenters. The van der Waals surface area contributed by atoms with E-state index in [1.807, 2.05) is 0 Å². The lowest BCUT2D eigenvalue weighted by Crippen LogP contribution is -2.50. The van der Waals surface area contributed by atoms with E-state index in [1.165, 1.54) is 6.42 Å². The molecule has 0 spiro atoms. The molecular weight excluding hydrogens is 180 g/mol. The van der Waals surface area contributed by atoms with Crippen molar-refractivity contribution >= 4 is 0 Å². The van der Waals surface area contributed by atoms with Crippen LogP contribution in [0.2, 0.25) is 0 Å². The second-order valence-corrected chi connectivity index (χ2v) is 4.80. The summed E-state index contributed by atoms with van der Waals surface area (Å²) in [5.41, 5.74) is 0. The van der Waals surface area contributed by atoms with Crippen LogP contribution in [0.1, 0.15) is 6.42 Å². The van der Waals surface area contributed by atoms with Crippen LogP contribution in [-0.2, 0) is 4.74 Å². The molecule has 0 radical (unpaired) electrons. The average Bonchev–Trinajstić information content (AvgIpc) is 2.73. The Bertz CT molecular complexity index is 212. The molecule has 3 aliphatic heterocycles. The van der Waals surface area contributed by atoms with E-state index in [9.17, 15) is 5.11 Å². The highest BCUT2D eigenvalue weighted by Gasteiger charge is 2.39. The number of hydrogen-bond acceptors (Lipinski definition) is 4. The van der Waals surface area contributed by atoms with Crippen molar-refractivity contribution in [2.45, 2.75) is 24.7 Å². The van der Waals surface area contributed by atoms with Crippen LogP contribution in [0.5, 0.6) is 0 Å². The fourth-order valence-corrected chi connectivity index (χ4v) is 3.00. The highest BCUT2D eigenvalue weighted by Crippen LogP contribution is 2.28. The van der Waals surface area contributed by atoms with Gasteiger partial charge < -0.3 is 15.2 Å². The molecule has 3 heterocycles. The van der Waals surface area contributed by atoms with Gasteiger partial charge in [-0.05, 0) is 12.3 Å². The van der Waals surface area contributed by atoms with E-state index in [-0.39, 0.29) is 6.10 Å². The van der Waals surface area contributed by atoms with E-state index in [0.717, 1.165) is 32.8 Å². The maximum Gasteiger partial charge on any atom is 0.0831 e. The quantitative estimate of drug-likeness (QED) is 0.569. The molecule has 2 N–H and O–H groups in total. The maximum atomic E-state index is 9.79. The van der Waals surface area contributed by atoms with E-state index in [0.29, 0.717) is 18.1 Å². The summed E-state index contributed by atoms with van der Waals surface area (Å²) in [7, 11) is 0. The molecule has 4 nitrogen and oxygen atoms in total. The van der Waals surface area contributed by atoms with Crippen LogP contribution in [0.3, 0.4) is 0 Å². The van der Waals surface area contributed by atoms with Crippen LogP contribution < -0.4 is 5.32 Å². The van der Waals surface area contributed by atoms with Gasteiger partial charge in [0, 0.05) is 32.2 Å². The van der Waals surface area contributed by atoms with Gasteiger partial charge in [-0.2, -0.15) is 0 Å². The number of rotatable bonds is 1. The predicted octanol–water partition coefficient (Wildman–Crippen LogP) is -0.960. The van der Waals surface area contributed by atoms with Crippen molar-refractivity contribution in [2.75, 3.05) is 32.8 Å². The lowest BCUT2D eigenvalue weighted by molar-refractivity contribution is 0.0329. The first kappa shape index (κ1) is 9.09. The number of likely N-dealkylation sites (tertiary alicyclic amines) is 1. The molecule has 4 atom stereocenters. The van der Waals surface area contributed by atoms with Crippen molar-refractivity contribution in [1.82, 2.24) is 10.2 Å². The Morgan fingerprint density at radius 2 is 2.21 bits per heavy atom. The smallest absolute Gasteiger partial charge is 0.0831 e. The van der Waals surface area contributed by atoms with Crippen LogP contribution >= 0.6 is 0 Å². The van der Waals surface area contributed by atoms with Crippen LogP contribution in [-0.4, -0.2) is 61.0 Å². The SMILES string of the molecule is O[C@@H]1CNC[C@H]1N1CC2COC(C2)C1. The van der Waals surface area contributed by atoms with Crippen molar-refractivity contribution in [2.24, 2.45) is 5.92 Å². The number of aliphatic hydroxyl groups is 1. The van der Waals surface area contributed by atoms with Crippen LogP contribution in [0.4, 0.5) is 0 Å². The largest absolute Gasteiger partial charge is 0.390 e. The third kappa shape index (κ3) is 1.46. The van der Waals surface area contributed by atoms with Crippen molar-refractivity contribution in [3.8, 4) is 0 Å². The Morgan fingerprint density at radius 1 is 1.29 bits per heavy atom. The summed E-state index contributed by atoms with van der Waals surface area (Å²) in [6.07, 6.45) is 1.47. The molecule has 3 rings (SSSR count). The summed E-state index contributed by atoms with van der Waals surface area (Å²) in [5, 5.41) is 13.0. The molecule has 0 aromatic heterocycles. The molecular formula is C10H18N2O2. The second kappa shape index (κ2) is 3.45. The second-order valence-electron chi connectivity index (χ2n) is 4.80. The number of nitrogens with zero attached hydrogens (tertiary/aromatic N) is 1. The minimum absolute atomic E-state index is 0.188. The zero-order valence-corrected chi connectivity index (χ0v) is 8.35. The zero-order chi connectivity index (χ0) is 9.54. The maximum absolute atomic E-state index is 9.79. The number of ether oxygens (including phenoxy) is 1. The number of nitrogens with one attached hydrogen (secondary N) is 1. The first-order valence-corrected chi connectivity index (χ1v) is 5.57. The first-order valence-electron chi connectivity index (χ1n) is 5.57. The van der Waals surface area contributed by atoms with Gasteiger partial charge in [-0.15, -0.1) is 0 Å². The monoisotopic (exact) mass is 198 g/mol. The molecule has 0 saturated carbocycles. The molecule has 0 amide bonds. The molecule has 3 saturated heterocycles. The van der Waals surface area contributed by atoms with Crippen molar-refractivity contribution in [3.63, 3.8) is 0 Å². The van der Waals surface area contributed by atoms with Crippen molar-refractivity contribution in [1.29, 1.82) is 0 Å². The normalized spacial score (nSPS) is 48.6. The number of hydrogen-bond donors (Lipinski definition) is 2. The summed E-state index contributed by atoms with van der Waals surface area (Å²) in [5.74, 6) is 0.710. The van der Waals surface area contributed by atoms with Crippen LogP contribution in [0, 0.1) is 5.92 Å². The number of aliphatic hydroxyl groups excluding tert-OH is 1. The molecule has 80 valence electrons. The third-order valence-electron chi connectivity index (χ3n) is 3.71. The van der Waals surface area contributed by atoms with Gasteiger partial charge in [-0.3, -0.25) is 4.90 Å². The molecule has 14 heavy (non-hydrogen) atoms. The van der Waals surface area contributed by atoms with Crippen LogP contribution in [0.15, 0.2) is 0 Å². The molecule has 0 aliphatic carbocycles. The zero-order valence-electron chi connectivity index (χ0n) is 8.35. The van der Waals surface area contributed by atoms with Crippen molar-refractivity contribution < 1.29 is 9.84 Å². The predicted molar refractivity (Wildman–Crippen MR) is 52.1 cm³/mol. The van der Waals surface area contributed by atoms with Gasteiger partial charge in [0.05, 0.1) is 18.8 Å². The highest BCUT2D eigenvalue weighted by atomic mass is 16.5. The Labute approximate surface area is 84.2 Å². The number of β-amino-alcohol motifs (C(OH)–C–C–N with tert-alkyl or cyclic N) is 1. The Morgan fingerprint density at radius 3 is 2.93 bits per heavy atom. The Hall–Kier alpha value is -0.160. The summed E-state index contributed by atoms with van der Waals surface area (Å²) >= 11 is 0. The van der Waals surface area contributed by atoms with Gasteiger partial charge >= 0.3 is 0 Å². The average molecular weight is 198 g/mol. The molecule has 2 bridgehead atoms. The third-order valence-corrected chi connectivity index (χ3v) is 3.71. The van der Waals surface area contributed by atoms with Gasteiger partial charge in [0.15, 0.2) is 0 Å². The number of fused-ring (bicyclic) bond motifs is 2. The van der Waals surface area contributed by atoms with E-state index < -0.39 is 0 Å². The van der Waals surface area contributed by atoms with Gasteiger partial charge in [-0.25, -0.2) is 0 Å². The van der Waals surface area contributed by atoms with Crippen molar-refractivity contribution in [3.05, 3.63) is 0 Å². The van der Waals surface area contributed by atoms with Gasteiger partial charge in [0.2, 0.25) is 0 Å². The van der Waals surface area contributed by atoms with Gasteiger partial charge in [0.1, 0.15) is 0 Å². The van der Waals surface area contributed by atoms with Gasteiger partial charge in [0.25, 0.3) is 0 Å². The topological polar surface area (TPSA) is 44.7 Å². The molecule has 4 heteroatoms. The Balaban J connectivity index is 1.67. The highest BCUT2D eigenvalue weighted by molar-refractivity contribution is 4.94. The molecule has 0 aromatic carbocycles. The fourth-order valence-electron chi connectivity index (χ4n) is 3.00.